The highest BCUT2D eigenvalue weighted by Gasteiger charge is 2.22. The molecule has 0 saturated heterocycles. The Hall–Kier alpha value is -2.87. The van der Waals surface area contributed by atoms with E-state index in [-0.39, 0.29) is 33.2 Å². The first-order chi connectivity index (χ1) is 12.8. The second-order valence-corrected chi connectivity index (χ2v) is 5.98. The smallest absolute Gasteiger partial charge is 0.260 e. The predicted molar refractivity (Wildman–Crippen MR) is 92.7 cm³/mol. The summed E-state index contributed by atoms with van der Waals surface area (Å²) in [6.45, 7) is -1.00. The number of hydrogen-bond donors (Lipinski definition) is 1. The van der Waals surface area contributed by atoms with Gasteiger partial charge in [-0.25, -0.2) is 17.6 Å². The van der Waals surface area contributed by atoms with Gasteiger partial charge in [0, 0.05) is 18.3 Å². The summed E-state index contributed by atoms with van der Waals surface area (Å²) >= 11 is 6.00. The van der Waals surface area contributed by atoms with Crippen LogP contribution in [0.15, 0.2) is 36.4 Å². The first kappa shape index (κ1) is 18.9. The molecule has 3 aromatic rings. The van der Waals surface area contributed by atoms with Crippen molar-refractivity contribution < 1.29 is 22.4 Å². The molecule has 1 aromatic heterocycles. The summed E-state index contributed by atoms with van der Waals surface area (Å²) in [6.07, 6.45) is 0. The number of carbonyl (C=O) groups is 1. The van der Waals surface area contributed by atoms with Gasteiger partial charge >= 0.3 is 0 Å². The van der Waals surface area contributed by atoms with E-state index in [1.807, 2.05) is 0 Å². The van der Waals surface area contributed by atoms with Crippen LogP contribution in [0.2, 0.25) is 5.15 Å². The first-order valence-electron chi connectivity index (χ1n) is 7.66. The number of aryl methyl sites for hydroxylation is 1. The summed E-state index contributed by atoms with van der Waals surface area (Å²) in [6, 6.07) is 7.75. The highest BCUT2D eigenvalue weighted by atomic mass is 35.5. The molecule has 0 aliphatic heterocycles. The SMILES string of the molecule is Cn1nc(CF)c(C(=O)Nc2ccccc2-c2cc(F)c(F)c(F)c2)c1Cl. The summed E-state index contributed by atoms with van der Waals surface area (Å²) in [4.78, 5) is 12.6. The lowest BCUT2D eigenvalue weighted by Crippen LogP contribution is -2.14. The van der Waals surface area contributed by atoms with Crippen molar-refractivity contribution in [1.82, 2.24) is 9.78 Å². The fourth-order valence-electron chi connectivity index (χ4n) is 2.61. The van der Waals surface area contributed by atoms with E-state index in [9.17, 15) is 22.4 Å². The van der Waals surface area contributed by atoms with Gasteiger partial charge in [-0.3, -0.25) is 9.48 Å². The minimum absolute atomic E-state index is 0.0188. The van der Waals surface area contributed by atoms with E-state index < -0.39 is 30.0 Å². The largest absolute Gasteiger partial charge is 0.321 e. The zero-order valence-corrected chi connectivity index (χ0v) is 14.6. The summed E-state index contributed by atoms with van der Waals surface area (Å²) in [7, 11) is 1.45. The van der Waals surface area contributed by atoms with Crippen molar-refractivity contribution in [3.05, 3.63) is 70.3 Å². The number of nitrogens with one attached hydrogen (secondary N) is 1. The van der Waals surface area contributed by atoms with Gasteiger partial charge in [0.25, 0.3) is 5.91 Å². The lowest BCUT2D eigenvalue weighted by atomic mass is 10.0. The third-order valence-electron chi connectivity index (χ3n) is 3.87. The Morgan fingerprint density at radius 2 is 1.81 bits per heavy atom. The number of anilines is 1. The number of carbonyl (C=O) groups excluding carboxylic acids is 1. The number of benzene rings is 2. The van der Waals surface area contributed by atoms with E-state index in [1.54, 1.807) is 12.1 Å². The van der Waals surface area contributed by atoms with Crippen LogP contribution in [0, 0.1) is 17.5 Å². The molecule has 0 unspecified atom stereocenters. The van der Waals surface area contributed by atoms with Crippen LogP contribution in [-0.4, -0.2) is 15.7 Å². The topological polar surface area (TPSA) is 46.9 Å². The van der Waals surface area contributed by atoms with Gasteiger partial charge in [0.15, 0.2) is 17.5 Å². The lowest BCUT2D eigenvalue weighted by molar-refractivity contribution is 0.102. The molecule has 1 heterocycles. The molecule has 1 N–H and O–H groups in total. The van der Waals surface area contributed by atoms with Crippen LogP contribution in [0.25, 0.3) is 11.1 Å². The van der Waals surface area contributed by atoms with Crippen LogP contribution in [0.3, 0.4) is 0 Å². The molecule has 0 aliphatic carbocycles. The lowest BCUT2D eigenvalue weighted by Gasteiger charge is -2.12. The van der Waals surface area contributed by atoms with Crippen LogP contribution in [0.1, 0.15) is 16.1 Å². The van der Waals surface area contributed by atoms with E-state index in [4.69, 9.17) is 11.6 Å². The van der Waals surface area contributed by atoms with Gasteiger partial charge in [-0.2, -0.15) is 5.10 Å². The Morgan fingerprint density at radius 1 is 1.19 bits per heavy atom. The van der Waals surface area contributed by atoms with Crippen LogP contribution in [0.4, 0.5) is 23.2 Å². The number of aromatic nitrogens is 2. The average Bonchev–Trinajstić information content (AvgIpc) is 2.94. The van der Waals surface area contributed by atoms with E-state index >= 15 is 0 Å². The molecule has 0 aliphatic rings. The second kappa shape index (κ2) is 7.40. The molecular weight excluding hydrogens is 386 g/mol. The number of alkyl halides is 1. The number of para-hydroxylation sites is 1. The second-order valence-electron chi connectivity index (χ2n) is 5.62. The van der Waals surface area contributed by atoms with Gasteiger partial charge in [-0.05, 0) is 23.8 Å². The summed E-state index contributed by atoms with van der Waals surface area (Å²) in [5.74, 6) is -5.05. The first-order valence-corrected chi connectivity index (χ1v) is 8.04. The van der Waals surface area contributed by atoms with Crippen LogP contribution in [0.5, 0.6) is 0 Å². The molecule has 9 heteroatoms. The minimum atomic E-state index is -1.59. The van der Waals surface area contributed by atoms with Gasteiger partial charge < -0.3 is 5.32 Å². The highest BCUT2D eigenvalue weighted by molar-refractivity contribution is 6.33. The van der Waals surface area contributed by atoms with Crippen molar-refractivity contribution in [2.24, 2.45) is 7.05 Å². The normalized spacial score (nSPS) is 10.9. The molecule has 0 spiro atoms. The zero-order chi connectivity index (χ0) is 19.7. The Morgan fingerprint density at radius 3 is 2.44 bits per heavy atom. The van der Waals surface area contributed by atoms with E-state index in [0.29, 0.717) is 0 Å². The maximum absolute atomic E-state index is 13.6. The summed E-state index contributed by atoms with van der Waals surface area (Å²) in [5.41, 5.74) is 0.151. The van der Waals surface area contributed by atoms with Crippen LogP contribution >= 0.6 is 11.6 Å². The predicted octanol–water partition coefficient (Wildman–Crippen LogP) is 4.88. The molecule has 27 heavy (non-hydrogen) atoms. The molecule has 4 nitrogen and oxygen atoms in total. The fraction of sp³-hybridized carbons (Fsp3) is 0.111. The van der Waals surface area contributed by atoms with E-state index in [1.165, 1.54) is 19.2 Å². The van der Waals surface area contributed by atoms with E-state index in [2.05, 4.69) is 10.4 Å². The quantitative estimate of drug-likeness (QED) is 0.504. The van der Waals surface area contributed by atoms with Crippen molar-refractivity contribution in [3.63, 3.8) is 0 Å². The van der Waals surface area contributed by atoms with Gasteiger partial charge in [-0.1, -0.05) is 29.8 Å². The molecule has 0 bridgehead atoms. The fourth-order valence-corrected chi connectivity index (χ4v) is 2.85. The average molecular weight is 398 g/mol. The van der Waals surface area contributed by atoms with Crippen LogP contribution < -0.4 is 5.32 Å². The van der Waals surface area contributed by atoms with Crippen molar-refractivity contribution >= 4 is 23.2 Å². The molecule has 140 valence electrons. The maximum atomic E-state index is 13.6. The third kappa shape index (κ3) is 3.52. The van der Waals surface area contributed by atoms with Crippen molar-refractivity contribution in [2.45, 2.75) is 6.67 Å². The minimum Gasteiger partial charge on any atom is -0.321 e. The number of nitrogens with zero attached hydrogens (tertiary/aromatic N) is 2. The van der Waals surface area contributed by atoms with Gasteiger partial charge in [-0.15, -0.1) is 0 Å². The Balaban J connectivity index is 2.02. The molecule has 2 aromatic carbocycles. The van der Waals surface area contributed by atoms with Gasteiger partial charge in [0.1, 0.15) is 23.1 Å². The molecule has 0 saturated carbocycles. The molecule has 0 radical (unpaired) electrons. The van der Waals surface area contributed by atoms with Crippen molar-refractivity contribution in [3.8, 4) is 11.1 Å². The monoisotopic (exact) mass is 397 g/mol. The van der Waals surface area contributed by atoms with Crippen LogP contribution in [-0.2, 0) is 13.7 Å². The highest BCUT2D eigenvalue weighted by Crippen LogP contribution is 2.31. The zero-order valence-electron chi connectivity index (χ0n) is 13.9. The molecule has 0 fully saturated rings. The Kier molecular flexibility index (Phi) is 5.18. The summed E-state index contributed by atoms with van der Waals surface area (Å²) < 4.78 is 54.6. The number of rotatable bonds is 4. The van der Waals surface area contributed by atoms with E-state index in [0.717, 1.165) is 16.8 Å². The van der Waals surface area contributed by atoms with Crippen molar-refractivity contribution in [2.75, 3.05) is 5.32 Å². The molecule has 0 atom stereocenters. The number of amides is 1. The van der Waals surface area contributed by atoms with Crippen molar-refractivity contribution in [1.29, 1.82) is 0 Å². The molecular formula is C18H12ClF4N3O. The summed E-state index contributed by atoms with van der Waals surface area (Å²) in [5, 5.41) is 6.28. The molecule has 3 rings (SSSR count). The standard InChI is InChI=1S/C18H12ClF4N3O/c1-26-17(19)15(14(8-20)25-26)18(27)24-13-5-3-2-4-10(13)9-6-11(21)16(23)12(22)7-9/h2-7H,8H2,1H3,(H,24,27). The van der Waals surface area contributed by atoms with Gasteiger partial charge in [0.2, 0.25) is 0 Å². The Labute approximate surface area is 156 Å². The third-order valence-corrected chi connectivity index (χ3v) is 4.31. The maximum Gasteiger partial charge on any atom is 0.260 e. The molecule has 1 amide bonds. The Bertz CT molecular complexity index is 1010. The van der Waals surface area contributed by atoms with Gasteiger partial charge in [0.05, 0.1) is 0 Å². The number of hydrogen-bond acceptors (Lipinski definition) is 2. The number of halogens is 5.